The van der Waals surface area contributed by atoms with E-state index < -0.39 is 11.6 Å². The number of nitrogens with two attached hydrogens (primary N) is 1. The van der Waals surface area contributed by atoms with Crippen molar-refractivity contribution in [1.29, 1.82) is 0 Å². The normalized spacial score (nSPS) is 10.8. The molecule has 11 heteroatoms. The summed E-state index contributed by atoms with van der Waals surface area (Å²) in [4.78, 5) is 11.4. The highest BCUT2D eigenvalue weighted by atomic mass is 19.1. The quantitative estimate of drug-likeness (QED) is 0.162. The minimum atomic E-state index is -0.713. The van der Waals surface area contributed by atoms with Crippen LogP contribution in [0.25, 0.3) is 10.9 Å². The number of hydrogen-bond acceptors (Lipinski definition) is 9. The number of H-pyrrole nitrogens is 1. The van der Waals surface area contributed by atoms with Gasteiger partial charge in [-0.05, 0) is 30.3 Å². The molecule has 2 aromatic heterocycles. The summed E-state index contributed by atoms with van der Waals surface area (Å²) in [6.07, 6.45) is 2.83. The Kier molecular flexibility index (Phi) is 5.81. The number of nitrogens with one attached hydrogen (secondary N) is 4. The van der Waals surface area contributed by atoms with Crippen LogP contribution in [0, 0.1) is 5.82 Å². The van der Waals surface area contributed by atoms with Crippen molar-refractivity contribution in [3.8, 4) is 17.2 Å². The minimum absolute atomic E-state index is 0.0507. The van der Waals surface area contributed by atoms with E-state index >= 15 is 0 Å². The van der Waals surface area contributed by atoms with Gasteiger partial charge >= 0.3 is 0 Å². The number of fused-ring (bicyclic) bond motifs is 1. The number of aromatic amines is 1. The van der Waals surface area contributed by atoms with Gasteiger partial charge < -0.3 is 41.6 Å². The van der Waals surface area contributed by atoms with Crippen molar-refractivity contribution >= 4 is 39.7 Å². The third-order valence-electron chi connectivity index (χ3n) is 4.70. The van der Waals surface area contributed by atoms with Crippen LogP contribution in [0.5, 0.6) is 17.2 Å². The van der Waals surface area contributed by atoms with E-state index in [0.29, 0.717) is 18.8 Å². The van der Waals surface area contributed by atoms with Gasteiger partial charge in [-0.1, -0.05) is 0 Å². The van der Waals surface area contributed by atoms with Crippen molar-refractivity contribution in [1.82, 2.24) is 15.0 Å². The molecule has 0 atom stereocenters. The fourth-order valence-electron chi connectivity index (χ4n) is 3.22. The summed E-state index contributed by atoms with van der Waals surface area (Å²) in [5, 5.41) is 29.6. The Morgan fingerprint density at radius 3 is 2.78 bits per heavy atom. The lowest BCUT2D eigenvalue weighted by Gasteiger charge is -2.14. The van der Waals surface area contributed by atoms with E-state index in [2.05, 4.69) is 30.9 Å². The molecule has 0 unspecified atom stereocenters. The van der Waals surface area contributed by atoms with Crippen molar-refractivity contribution in [2.24, 2.45) is 5.73 Å². The lowest BCUT2D eigenvalue weighted by Crippen LogP contribution is -2.13. The molecule has 0 saturated heterocycles. The SMILES string of the molecule is COc1c(Nc2nc(Nc3cc(NCCN)cc4[nH]ccc34)ncc2F)ccc(O)c1O. The summed E-state index contributed by atoms with van der Waals surface area (Å²) in [5.74, 6) is -1.60. The fraction of sp³-hybridized carbons (Fsp3) is 0.143. The molecule has 32 heavy (non-hydrogen) atoms. The minimum Gasteiger partial charge on any atom is -0.504 e. The molecule has 0 bridgehead atoms. The van der Waals surface area contributed by atoms with Crippen LogP contribution in [-0.2, 0) is 0 Å². The first-order valence-electron chi connectivity index (χ1n) is 9.70. The first-order valence-corrected chi connectivity index (χ1v) is 9.70. The van der Waals surface area contributed by atoms with Gasteiger partial charge in [0, 0.05) is 35.9 Å². The van der Waals surface area contributed by atoms with Crippen molar-refractivity contribution in [2.75, 3.05) is 36.1 Å². The van der Waals surface area contributed by atoms with Gasteiger partial charge in [-0.25, -0.2) is 9.37 Å². The van der Waals surface area contributed by atoms with Gasteiger partial charge in [-0.2, -0.15) is 4.98 Å². The molecule has 4 rings (SSSR count). The molecule has 10 nitrogen and oxygen atoms in total. The summed E-state index contributed by atoms with van der Waals surface area (Å²) in [5.41, 5.74) is 8.23. The van der Waals surface area contributed by atoms with Crippen LogP contribution in [-0.4, -0.2) is 45.4 Å². The maximum atomic E-state index is 14.4. The van der Waals surface area contributed by atoms with Gasteiger partial charge in [0.1, 0.15) is 0 Å². The smallest absolute Gasteiger partial charge is 0.229 e. The molecule has 2 heterocycles. The van der Waals surface area contributed by atoms with Crippen LogP contribution in [0.15, 0.2) is 42.7 Å². The zero-order chi connectivity index (χ0) is 22.7. The molecule has 0 spiro atoms. The standard InChI is InChI=1S/C21H22FN7O3/c1-32-19-14(2-3-17(30)18(19)31)27-20-13(22)10-26-21(29-20)28-16-9-11(24-7-5-23)8-15-12(16)4-6-25-15/h2-4,6,8-10,24-25,30-31H,5,7,23H2,1H3,(H2,26,27,28,29). The number of rotatable bonds is 8. The number of aromatic nitrogens is 3. The van der Waals surface area contributed by atoms with Crippen LogP contribution in [0.3, 0.4) is 0 Å². The summed E-state index contributed by atoms with van der Waals surface area (Å²) in [7, 11) is 1.32. The third-order valence-corrected chi connectivity index (χ3v) is 4.70. The van der Waals surface area contributed by atoms with Crippen molar-refractivity contribution in [3.63, 3.8) is 0 Å². The fourth-order valence-corrected chi connectivity index (χ4v) is 3.22. The molecule has 8 N–H and O–H groups in total. The van der Waals surface area contributed by atoms with E-state index in [1.807, 2.05) is 24.4 Å². The van der Waals surface area contributed by atoms with E-state index in [9.17, 15) is 14.6 Å². The van der Waals surface area contributed by atoms with Gasteiger partial charge in [0.25, 0.3) is 0 Å². The average Bonchev–Trinajstić information content (AvgIpc) is 3.26. The Bertz CT molecular complexity index is 1260. The molecule has 0 aliphatic carbocycles. The lowest BCUT2D eigenvalue weighted by molar-refractivity contribution is 0.352. The van der Waals surface area contributed by atoms with Crippen LogP contribution in [0.4, 0.5) is 33.2 Å². The molecule has 0 saturated carbocycles. The maximum Gasteiger partial charge on any atom is 0.229 e. The van der Waals surface area contributed by atoms with Crippen molar-refractivity contribution in [3.05, 3.63) is 48.5 Å². The van der Waals surface area contributed by atoms with Crippen LogP contribution in [0.1, 0.15) is 0 Å². The number of hydrogen-bond donors (Lipinski definition) is 7. The summed E-state index contributed by atoms with van der Waals surface area (Å²) >= 11 is 0. The Labute approximate surface area is 182 Å². The highest BCUT2D eigenvalue weighted by Crippen LogP contribution is 2.42. The van der Waals surface area contributed by atoms with E-state index in [0.717, 1.165) is 22.8 Å². The number of anilines is 5. The van der Waals surface area contributed by atoms with E-state index in [4.69, 9.17) is 10.5 Å². The van der Waals surface area contributed by atoms with Gasteiger partial charge in [0.2, 0.25) is 11.7 Å². The highest BCUT2D eigenvalue weighted by molar-refractivity contribution is 5.96. The van der Waals surface area contributed by atoms with E-state index in [1.54, 1.807) is 0 Å². The number of methoxy groups -OCH3 is 1. The molecule has 0 radical (unpaired) electrons. The Morgan fingerprint density at radius 1 is 1.16 bits per heavy atom. The number of phenols is 2. The molecule has 0 amide bonds. The number of halogens is 1. The van der Waals surface area contributed by atoms with Gasteiger partial charge in [0.05, 0.1) is 24.7 Å². The predicted molar refractivity (Wildman–Crippen MR) is 121 cm³/mol. The Balaban J connectivity index is 1.66. The molecule has 0 fully saturated rings. The number of nitrogens with zero attached hydrogens (tertiary/aromatic N) is 2. The second-order valence-electron chi connectivity index (χ2n) is 6.83. The summed E-state index contributed by atoms with van der Waals surface area (Å²) in [6, 6.07) is 8.42. The third kappa shape index (κ3) is 4.14. The number of phenolic OH excluding ortho intramolecular Hbond substituents is 2. The van der Waals surface area contributed by atoms with E-state index in [1.165, 1.54) is 19.2 Å². The topological polar surface area (TPSA) is 153 Å². The summed E-state index contributed by atoms with van der Waals surface area (Å²) < 4.78 is 19.5. The Hall–Kier alpha value is -4.25. The predicted octanol–water partition coefficient (Wildman–Crippen LogP) is 3.37. The number of benzene rings is 2. The molecular weight excluding hydrogens is 417 g/mol. The van der Waals surface area contributed by atoms with Crippen molar-refractivity contribution < 1.29 is 19.3 Å². The Morgan fingerprint density at radius 2 is 2.00 bits per heavy atom. The van der Waals surface area contributed by atoms with Gasteiger partial charge in [-0.15, -0.1) is 0 Å². The molecule has 0 aliphatic heterocycles. The van der Waals surface area contributed by atoms with Gasteiger partial charge in [-0.3, -0.25) is 0 Å². The van der Waals surface area contributed by atoms with Gasteiger partial charge in [0.15, 0.2) is 23.1 Å². The molecule has 166 valence electrons. The van der Waals surface area contributed by atoms with Crippen LogP contribution in [0.2, 0.25) is 0 Å². The zero-order valence-electron chi connectivity index (χ0n) is 17.1. The second-order valence-corrected chi connectivity index (χ2v) is 6.83. The molecule has 0 aliphatic rings. The van der Waals surface area contributed by atoms with E-state index in [-0.39, 0.29) is 29.0 Å². The summed E-state index contributed by atoms with van der Waals surface area (Å²) in [6.45, 7) is 1.09. The van der Waals surface area contributed by atoms with Crippen LogP contribution < -0.4 is 26.4 Å². The lowest BCUT2D eigenvalue weighted by atomic mass is 10.2. The molecular formula is C21H22FN7O3. The largest absolute Gasteiger partial charge is 0.504 e. The molecule has 2 aromatic carbocycles. The second kappa shape index (κ2) is 8.86. The average molecular weight is 439 g/mol. The number of aromatic hydroxyl groups is 2. The maximum absolute atomic E-state index is 14.4. The first kappa shape index (κ1) is 21.0. The van der Waals surface area contributed by atoms with Crippen molar-refractivity contribution in [2.45, 2.75) is 0 Å². The zero-order valence-corrected chi connectivity index (χ0v) is 17.1. The monoisotopic (exact) mass is 439 g/mol. The number of ether oxygens (including phenoxy) is 1. The first-order chi connectivity index (χ1) is 15.5. The highest BCUT2D eigenvalue weighted by Gasteiger charge is 2.16. The van der Waals surface area contributed by atoms with Crippen LogP contribution >= 0.6 is 0 Å². The molecule has 4 aromatic rings.